The molecule has 4 nitrogen and oxygen atoms in total. The van der Waals surface area contributed by atoms with Crippen molar-refractivity contribution >= 4 is 23.0 Å². The highest BCUT2D eigenvalue weighted by Gasteiger charge is 2.15. The number of hydrogen-bond acceptors (Lipinski definition) is 3. The van der Waals surface area contributed by atoms with Crippen LogP contribution in [0.4, 0.5) is 5.69 Å². The number of hydrogen-bond donors (Lipinski definition) is 2. The van der Waals surface area contributed by atoms with Crippen molar-refractivity contribution in [3.8, 4) is 11.5 Å². The lowest BCUT2D eigenvalue weighted by Crippen LogP contribution is -2.31. The molecule has 5 heteroatoms. The summed E-state index contributed by atoms with van der Waals surface area (Å²) in [6, 6.07) is 14.2. The van der Waals surface area contributed by atoms with Gasteiger partial charge in [-0.15, -0.1) is 0 Å². The lowest BCUT2D eigenvalue weighted by Gasteiger charge is -2.22. The molecule has 2 N–H and O–H groups in total. The van der Waals surface area contributed by atoms with E-state index >= 15 is 0 Å². The van der Waals surface area contributed by atoms with Gasteiger partial charge in [0.15, 0.2) is 16.6 Å². The second-order valence-corrected chi connectivity index (χ2v) is 6.00. The summed E-state index contributed by atoms with van der Waals surface area (Å²) in [5, 5.41) is 7.08. The molecule has 0 fully saturated rings. The summed E-state index contributed by atoms with van der Waals surface area (Å²) in [4.78, 5) is 0. The third kappa shape index (κ3) is 3.93. The third-order valence-corrected chi connectivity index (χ3v) is 3.94. The van der Waals surface area contributed by atoms with Crippen LogP contribution >= 0.6 is 12.2 Å². The molecular formula is C18H20N2O2S. The number of fused-ring (bicyclic) bond motifs is 1. The van der Waals surface area contributed by atoms with Crippen molar-refractivity contribution < 1.29 is 9.47 Å². The molecule has 1 aliphatic rings. The Morgan fingerprint density at radius 3 is 2.48 bits per heavy atom. The highest BCUT2D eigenvalue weighted by molar-refractivity contribution is 7.80. The van der Waals surface area contributed by atoms with Crippen molar-refractivity contribution in [2.75, 3.05) is 18.5 Å². The maximum atomic E-state index is 5.62. The van der Waals surface area contributed by atoms with Gasteiger partial charge in [0.1, 0.15) is 13.2 Å². The number of aryl methyl sites for hydroxylation is 1. The lowest BCUT2D eigenvalue weighted by atomic mass is 10.1. The van der Waals surface area contributed by atoms with Crippen LogP contribution in [0, 0.1) is 6.92 Å². The molecular weight excluding hydrogens is 308 g/mol. The van der Waals surface area contributed by atoms with Crippen LogP contribution in [-0.2, 0) is 0 Å². The molecule has 1 aliphatic heterocycles. The van der Waals surface area contributed by atoms with Gasteiger partial charge in [0, 0.05) is 5.69 Å². The quantitative estimate of drug-likeness (QED) is 0.839. The van der Waals surface area contributed by atoms with Crippen LogP contribution in [0.5, 0.6) is 11.5 Å². The molecule has 1 heterocycles. The van der Waals surface area contributed by atoms with Crippen LogP contribution in [0.2, 0.25) is 0 Å². The average Bonchev–Trinajstić information content (AvgIpc) is 2.56. The number of rotatable bonds is 3. The zero-order valence-corrected chi connectivity index (χ0v) is 14.1. The highest BCUT2D eigenvalue weighted by atomic mass is 32.1. The standard InChI is InChI=1S/C18H20N2O2S/c1-12-3-6-15(7-4-12)20-18(23)19-13(2)14-5-8-16-17(11-14)22-10-9-21-16/h3-8,11,13H,9-10H2,1-2H3,(H2,19,20,23)/t13-/m1/s1. The van der Waals surface area contributed by atoms with Gasteiger partial charge in [0.05, 0.1) is 6.04 Å². The smallest absolute Gasteiger partial charge is 0.171 e. The molecule has 0 radical (unpaired) electrons. The molecule has 0 amide bonds. The Morgan fingerprint density at radius 2 is 1.74 bits per heavy atom. The van der Waals surface area contributed by atoms with Gasteiger partial charge in [-0.3, -0.25) is 0 Å². The first-order chi connectivity index (χ1) is 11.1. The monoisotopic (exact) mass is 328 g/mol. The fourth-order valence-electron chi connectivity index (χ4n) is 2.41. The fraction of sp³-hybridized carbons (Fsp3) is 0.278. The molecule has 0 aromatic heterocycles. The first-order valence-corrected chi connectivity index (χ1v) is 8.06. The van der Waals surface area contributed by atoms with Crippen molar-refractivity contribution in [2.24, 2.45) is 0 Å². The topological polar surface area (TPSA) is 42.5 Å². The summed E-state index contributed by atoms with van der Waals surface area (Å²) in [6.07, 6.45) is 0. The first-order valence-electron chi connectivity index (χ1n) is 7.65. The van der Waals surface area contributed by atoms with E-state index in [1.807, 2.05) is 30.3 Å². The van der Waals surface area contributed by atoms with Crippen LogP contribution in [0.25, 0.3) is 0 Å². The maximum Gasteiger partial charge on any atom is 0.171 e. The minimum atomic E-state index is 0.0660. The number of benzene rings is 2. The average molecular weight is 328 g/mol. The number of thiocarbonyl (C=S) groups is 1. The van der Waals surface area contributed by atoms with E-state index in [4.69, 9.17) is 21.7 Å². The predicted octanol–water partition coefficient (Wildman–Crippen LogP) is 3.81. The summed E-state index contributed by atoms with van der Waals surface area (Å²) in [5.41, 5.74) is 3.30. The van der Waals surface area contributed by atoms with Gasteiger partial charge in [0.2, 0.25) is 0 Å². The summed E-state index contributed by atoms with van der Waals surface area (Å²) < 4.78 is 11.2. The fourth-order valence-corrected chi connectivity index (χ4v) is 2.71. The minimum Gasteiger partial charge on any atom is -0.486 e. The van der Waals surface area contributed by atoms with Crippen molar-refractivity contribution in [1.82, 2.24) is 5.32 Å². The Bertz CT molecular complexity index is 701. The van der Waals surface area contributed by atoms with Crippen molar-refractivity contribution in [3.05, 3.63) is 53.6 Å². The Morgan fingerprint density at radius 1 is 1.04 bits per heavy atom. The van der Waals surface area contributed by atoms with E-state index in [9.17, 15) is 0 Å². The molecule has 3 rings (SSSR count). The molecule has 0 saturated heterocycles. The largest absolute Gasteiger partial charge is 0.486 e. The van der Waals surface area contributed by atoms with E-state index in [0.717, 1.165) is 22.7 Å². The van der Waals surface area contributed by atoms with Gasteiger partial charge in [-0.25, -0.2) is 0 Å². The Labute approximate surface area is 141 Å². The van der Waals surface area contributed by atoms with Crippen LogP contribution in [0.1, 0.15) is 24.1 Å². The summed E-state index contributed by atoms with van der Waals surface area (Å²) in [7, 11) is 0. The van der Waals surface area contributed by atoms with E-state index in [0.29, 0.717) is 18.3 Å². The van der Waals surface area contributed by atoms with Gasteiger partial charge < -0.3 is 20.1 Å². The van der Waals surface area contributed by atoms with Crippen LogP contribution < -0.4 is 20.1 Å². The molecule has 1 atom stereocenters. The first kappa shape index (κ1) is 15.6. The van der Waals surface area contributed by atoms with Gasteiger partial charge in [0.25, 0.3) is 0 Å². The van der Waals surface area contributed by atoms with Gasteiger partial charge in [-0.05, 0) is 55.9 Å². The van der Waals surface area contributed by atoms with Crippen molar-refractivity contribution in [1.29, 1.82) is 0 Å². The zero-order chi connectivity index (χ0) is 16.2. The molecule has 120 valence electrons. The summed E-state index contributed by atoms with van der Waals surface area (Å²) in [6.45, 7) is 5.31. The minimum absolute atomic E-state index is 0.0660. The number of ether oxygens (including phenoxy) is 2. The van der Waals surface area contributed by atoms with Crippen molar-refractivity contribution in [3.63, 3.8) is 0 Å². The third-order valence-electron chi connectivity index (χ3n) is 3.72. The predicted molar refractivity (Wildman–Crippen MR) is 96.4 cm³/mol. The molecule has 2 aromatic carbocycles. The van der Waals surface area contributed by atoms with Crippen LogP contribution in [-0.4, -0.2) is 18.3 Å². The zero-order valence-electron chi connectivity index (χ0n) is 13.3. The molecule has 0 bridgehead atoms. The second-order valence-electron chi connectivity index (χ2n) is 5.59. The molecule has 23 heavy (non-hydrogen) atoms. The van der Waals surface area contributed by atoms with E-state index in [2.05, 4.69) is 36.6 Å². The van der Waals surface area contributed by atoms with Gasteiger partial charge in [-0.2, -0.15) is 0 Å². The van der Waals surface area contributed by atoms with E-state index in [1.54, 1.807) is 0 Å². The van der Waals surface area contributed by atoms with E-state index in [1.165, 1.54) is 5.56 Å². The van der Waals surface area contributed by atoms with Crippen LogP contribution in [0.3, 0.4) is 0 Å². The second kappa shape index (κ2) is 6.87. The summed E-state index contributed by atoms with van der Waals surface area (Å²) >= 11 is 5.39. The Balaban J connectivity index is 1.63. The van der Waals surface area contributed by atoms with E-state index in [-0.39, 0.29) is 6.04 Å². The SMILES string of the molecule is Cc1ccc(NC(=S)N[C@H](C)c2ccc3c(c2)OCCO3)cc1. The van der Waals surface area contributed by atoms with Gasteiger partial charge >= 0.3 is 0 Å². The summed E-state index contributed by atoms with van der Waals surface area (Å²) in [5.74, 6) is 1.59. The van der Waals surface area contributed by atoms with Crippen LogP contribution in [0.15, 0.2) is 42.5 Å². The number of anilines is 1. The molecule has 0 aliphatic carbocycles. The van der Waals surface area contributed by atoms with E-state index < -0.39 is 0 Å². The lowest BCUT2D eigenvalue weighted by molar-refractivity contribution is 0.171. The Hall–Kier alpha value is -2.27. The molecule has 0 spiro atoms. The normalized spacial score (nSPS) is 14.0. The molecule has 0 unspecified atom stereocenters. The highest BCUT2D eigenvalue weighted by Crippen LogP contribution is 2.32. The Kier molecular flexibility index (Phi) is 4.67. The van der Waals surface area contributed by atoms with Gasteiger partial charge in [-0.1, -0.05) is 23.8 Å². The maximum absolute atomic E-state index is 5.62. The molecule has 0 saturated carbocycles. The number of nitrogens with one attached hydrogen (secondary N) is 2. The van der Waals surface area contributed by atoms with Crippen molar-refractivity contribution in [2.45, 2.75) is 19.9 Å². The molecule has 2 aromatic rings.